The molecule has 0 heterocycles. The Hall–Kier alpha value is -1.92. The molecular formula is C59H111NO5. The molecule has 1 amide bonds. The second-order valence-electron chi connectivity index (χ2n) is 19.6. The van der Waals surface area contributed by atoms with E-state index in [4.69, 9.17) is 4.74 Å². The molecule has 0 aromatic carbocycles. The quantitative estimate of drug-likeness (QED) is 0.0321. The minimum Gasteiger partial charge on any atom is -0.466 e. The number of aliphatic hydroxyl groups excluding tert-OH is 2. The number of rotatable bonds is 53. The summed E-state index contributed by atoms with van der Waals surface area (Å²) in [4.78, 5) is 24.5. The largest absolute Gasteiger partial charge is 0.466 e. The highest BCUT2D eigenvalue weighted by atomic mass is 16.5. The summed E-state index contributed by atoms with van der Waals surface area (Å²) in [6.45, 7) is 4.86. The monoisotopic (exact) mass is 914 g/mol. The van der Waals surface area contributed by atoms with Crippen molar-refractivity contribution in [2.75, 3.05) is 13.2 Å². The van der Waals surface area contributed by atoms with Gasteiger partial charge in [0.05, 0.1) is 25.4 Å². The molecule has 0 saturated carbocycles. The Morgan fingerprint density at radius 3 is 1.20 bits per heavy atom. The van der Waals surface area contributed by atoms with E-state index in [-0.39, 0.29) is 18.5 Å². The lowest BCUT2D eigenvalue weighted by Gasteiger charge is -2.19. The Bertz CT molecular complexity index is 1060. The molecule has 0 fully saturated rings. The van der Waals surface area contributed by atoms with Gasteiger partial charge in [-0.25, -0.2) is 0 Å². The normalized spacial score (nSPS) is 12.9. The SMILES string of the molecule is CCCCCCCCCCCCCCCCCCCC/C=C/C(O)C(CO)NC(=O)CC/C=C\C/C=C\CCCCCCCCOC(=O)CCCCCCCCCCCCCCCCC. The van der Waals surface area contributed by atoms with Crippen LogP contribution in [-0.2, 0) is 14.3 Å². The molecule has 382 valence electrons. The van der Waals surface area contributed by atoms with Gasteiger partial charge in [0.25, 0.3) is 0 Å². The van der Waals surface area contributed by atoms with E-state index in [9.17, 15) is 19.8 Å². The first kappa shape index (κ1) is 63.1. The maximum Gasteiger partial charge on any atom is 0.305 e. The van der Waals surface area contributed by atoms with Crippen LogP contribution >= 0.6 is 0 Å². The first-order chi connectivity index (χ1) is 32.0. The van der Waals surface area contributed by atoms with Crippen molar-refractivity contribution in [3.63, 3.8) is 0 Å². The van der Waals surface area contributed by atoms with E-state index >= 15 is 0 Å². The van der Waals surface area contributed by atoms with Gasteiger partial charge < -0.3 is 20.3 Å². The Kier molecular flexibility index (Phi) is 53.1. The van der Waals surface area contributed by atoms with Gasteiger partial charge in [0.2, 0.25) is 5.91 Å². The van der Waals surface area contributed by atoms with E-state index in [1.807, 2.05) is 12.2 Å². The van der Waals surface area contributed by atoms with Crippen molar-refractivity contribution in [3.05, 3.63) is 36.5 Å². The molecule has 2 unspecified atom stereocenters. The minimum atomic E-state index is -0.880. The number of esters is 1. The summed E-state index contributed by atoms with van der Waals surface area (Å²) < 4.78 is 5.46. The molecule has 0 aliphatic carbocycles. The van der Waals surface area contributed by atoms with Crippen LogP contribution in [0.15, 0.2) is 36.5 Å². The van der Waals surface area contributed by atoms with Crippen LogP contribution in [-0.4, -0.2) is 47.4 Å². The Labute approximate surface area is 404 Å². The molecule has 65 heavy (non-hydrogen) atoms. The molecule has 0 aliphatic heterocycles. The van der Waals surface area contributed by atoms with Crippen molar-refractivity contribution in [1.29, 1.82) is 0 Å². The summed E-state index contributed by atoms with van der Waals surface area (Å²) in [5.41, 5.74) is 0. The number of hydrogen-bond donors (Lipinski definition) is 3. The lowest BCUT2D eigenvalue weighted by Crippen LogP contribution is -2.45. The van der Waals surface area contributed by atoms with Crippen molar-refractivity contribution in [1.82, 2.24) is 5.32 Å². The topological polar surface area (TPSA) is 95.9 Å². The summed E-state index contributed by atoms with van der Waals surface area (Å²) in [6.07, 6.45) is 67.5. The van der Waals surface area contributed by atoms with Crippen LogP contribution in [0, 0.1) is 0 Å². The molecule has 0 radical (unpaired) electrons. The summed E-state index contributed by atoms with van der Waals surface area (Å²) in [5.74, 6) is -0.162. The highest BCUT2D eigenvalue weighted by molar-refractivity contribution is 5.76. The number of aliphatic hydroxyl groups is 2. The zero-order valence-corrected chi connectivity index (χ0v) is 43.5. The fraction of sp³-hybridized carbons (Fsp3) is 0.864. The number of amides is 1. The Morgan fingerprint density at radius 1 is 0.431 bits per heavy atom. The van der Waals surface area contributed by atoms with Gasteiger partial charge in [0, 0.05) is 12.8 Å². The zero-order chi connectivity index (χ0) is 47.2. The van der Waals surface area contributed by atoms with E-state index in [1.54, 1.807) is 6.08 Å². The van der Waals surface area contributed by atoms with E-state index < -0.39 is 12.1 Å². The van der Waals surface area contributed by atoms with Gasteiger partial charge in [-0.15, -0.1) is 0 Å². The van der Waals surface area contributed by atoms with Gasteiger partial charge in [0.1, 0.15) is 0 Å². The molecule has 0 spiro atoms. The number of carbonyl (C=O) groups excluding carboxylic acids is 2. The van der Waals surface area contributed by atoms with Crippen LogP contribution < -0.4 is 5.32 Å². The first-order valence-corrected chi connectivity index (χ1v) is 28.8. The van der Waals surface area contributed by atoms with E-state index in [0.717, 1.165) is 51.4 Å². The van der Waals surface area contributed by atoms with Crippen molar-refractivity contribution in [2.45, 2.75) is 315 Å². The number of ether oxygens (including phenoxy) is 1. The molecule has 0 bridgehead atoms. The van der Waals surface area contributed by atoms with E-state index in [0.29, 0.717) is 25.9 Å². The molecule has 6 heteroatoms. The van der Waals surface area contributed by atoms with Crippen molar-refractivity contribution < 1.29 is 24.5 Å². The van der Waals surface area contributed by atoms with Gasteiger partial charge in [-0.1, -0.05) is 275 Å². The third kappa shape index (κ3) is 51.3. The maximum atomic E-state index is 12.4. The standard InChI is InChI=1S/C59H111NO5/c1-3-5-7-9-11-13-15-17-19-20-21-22-23-25-27-31-35-39-43-47-51-57(62)56(55-61)60-58(63)52-48-44-40-36-32-28-26-30-34-38-42-46-50-54-65-59(64)53-49-45-41-37-33-29-24-18-16-14-12-10-8-6-4-2/h28,32,40,44,47,51,56-57,61-62H,3-27,29-31,33-39,41-43,45-46,48-50,52-55H2,1-2H3,(H,60,63)/b32-28-,44-40-,51-47+. The second-order valence-corrected chi connectivity index (χ2v) is 19.6. The van der Waals surface area contributed by atoms with Gasteiger partial charge in [0.15, 0.2) is 0 Å². The second kappa shape index (κ2) is 54.7. The number of allylic oxidation sites excluding steroid dienone is 5. The molecule has 0 rings (SSSR count). The fourth-order valence-electron chi connectivity index (χ4n) is 8.74. The number of hydrogen-bond acceptors (Lipinski definition) is 5. The molecule has 0 saturated heterocycles. The Balaban J connectivity index is 3.57. The maximum absolute atomic E-state index is 12.4. The molecular weight excluding hydrogens is 803 g/mol. The average molecular weight is 915 g/mol. The smallest absolute Gasteiger partial charge is 0.305 e. The first-order valence-electron chi connectivity index (χ1n) is 28.8. The third-order valence-corrected chi connectivity index (χ3v) is 13.2. The van der Waals surface area contributed by atoms with Crippen LogP contribution in [0.3, 0.4) is 0 Å². The summed E-state index contributed by atoms with van der Waals surface area (Å²) in [6, 6.07) is -0.672. The zero-order valence-electron chi connectivity index (χ0n) is 43.5. The molecule has 3 N–H and O–H groups in total. The van der Waals surface area contributed by atoms with Crippen LogP contribution in [0.1, 0.15) is 303 Å². The predicted molar refractivity (Wildman–Crippen MR) is 283 cm³/mol. The minimum absolute atomic E-state index is 0.0155. The van der Waals surface area contributed by atoms with Crippen molar-refractivity contribution in [2.24, 2.45) is 0 Å². The molecule has 0 aromatic rings. The fourth-order valence-corrected chi connectivity index (χ4v) is 8.74. The molecule has 6 nitrogen and oxygen atoms in total. The van der Waals surface area contributed by atoms with Gasteiger partial charge in [-0.3, -0.25) is 9.59 Å². The average Bonchev–Trinajstić information content (AvgIpc) is 3.31. The highest BCUT2D eigenvalue weighted by Gasteiger charge is 2.17. The molecule has 0 aromatic heterocycles. The van der Waals surface area contributed by atoms with Crippen molar-refractivity contribution in [3.8, 4) is 0 Å². The van der Waals surface area contributed by atoms with E-state index in [1.165, 1.54) is 218 Å². The van der Waals surface area contributed by atoms with Crippen LogP contribution in [0.2, 0.25) is 0 Å². The molecule has 0 aliphatic rings. The third-order valence-electron chi connectivity index (χ3n) is 13.2. The summed E-state index contributed by atoms with van der Waals surface area (Å²) >= 11 is 0. The van der Waals surface area contributed by atoms with Gasteiger partial charge in [-0.05, 0) is 51.4 Å². The van der Waals surface area contributed by atoms with Gasteiger partial charge >= 0.3 is 5.97 Å². The Morgan fingerprint density at radius 2 is 0.785 bits per heavy atom. The number of unbranched alkanes of at least 4 members (excludes halogenated alkanes) is 38. The van der Waals surface area contributed by atoms with Crippen LogP contribution in [0.5, 0.6) is 0 Å². The lowest BCUT2D eigenvalue weighted by molar-refractivity contribution is -0.143. The van der Waals surface area contributed by atoms with Crippen LogP contribution in [0.25, 0.3) is 0 Å². The summed E-state index contributed by atoms with van der Waals surface area (Å²) in [7, 11) is 0. The van der Waals surface area contributed by atoms with Gasteiger partial charge in [-0.2, -0.15) is 0 Å². The number of nitrogens with one attached hydrogen (secondary N) is 1. The predicted octanol–water partition coefficient (Wildman–Crippen LogP) is 17.6. The summed E-state index contributed by atoms with van der Waals surface area (Å²) in [5, 5.41) is 23.1. The highest BCUT2D eigenvalue weighted by Crippen LogP contribution is 2.17. The molecule has 2 atom stereocenters. The van der Waals surface area contributed by atoms with Crippen LogP contribution in [0.4, 0.5) is 0 Å². The lowest BCUT2D eigenvalue weighted by atomic mass is 10.0. The van der Waals surface area contributed by atoms with Crippen molar-refractivity contribution >= 4 is 11.9 Å². The van der Waals surface area contributed by atoms with E-state index in [2.05, 4.69) is 37.4 Å². The number of carbonyl (C=O) groups is 2.